The molecule has 0 aliphatic carbocycles. The quantitative estimate of drug-likeness (QED) is 0.202. The fourth-order valence-corrected chi connectivity index (χ4v) is 8.32. The maximum Gasteiger partial charge on any atom is 0.488 e. The van der Waals surface area contributed by atoms with E-state index in [0.29, 0.717) is 8.97 Å². The molecular weight excluding hydrogens is 526 g/mol. The molecule has 0 saturated carbocycles. The Kier molecular flexibility index (Phi) is 6.28. The summed E-state index contributed by atoms with van der Waals surface area (Å²) < 4.78 is 9.00. The van der Waals surface area contributed by atoms with Crippen LogP contribution in [0.4, 0.5) is 17.1 Å². The van der Waals surface area contributed by atoms with Crippen LogP contribution in [0.2, 0.25) is 0 Å². The highest BCUT2D eigenvalue weighted by atomic mass is 16.6. The zero-order chi connectivity index (χ0) is 30.0. The summed E-state index contributed by atoms with van der Waals surface area (Å²) in [5.41, 5.74) is 12.4. The number of para-hydroxylation sites is 3. The summed E-state index contributed by atoms with van der Waals surface area (Å²) in [6, 6.07) is 41.8. The molecule has 2 aliphatic heterocycles. The van der Waals surface area contributed by atoms with E-state index in [4.69, 9.17) is 4.74 Å². The first kappa shape index (κ1) is 27.5. The summed E-state index contributed by atoms with van der Waals surface area (Å²) in [5.74, 6) is 0.100. The van der Waals surface area contributed by atoms with Crippen molar-refractivity contribution in [3.63, 3.8) is 0 Å². The van der Waals surface area contributed by atoms with Crippen LogP contribution in [0.15, 0.2) is 115 Å². The lowest BCUT2D eigenvalue weighted by atomic mass is 9.93. The molecule has 43 heavy (non-hydrogen) atoms. The molecule has 3 unspecified atom stereocenters. The molecule has 216 valence electrons. The average molecular weight is 568 g/mol. The van der Waals surface area contributed by atoms with Gasteiger partial charge in [0.15, 0.2) is 5.75 Å². The second-order valence-corrected chi connectivity index (χ2v) is 12.8. The summed E-state index contributed by atoms with van der Waals surface area (Å²) >= 11 is 0. The smallest absolute Gasteiger partial charge is 0.374 e. The summed E-state index contributed by atoms with van der Waals surface area (Å²) in [6.45, 7) is 8.29. The van der Waals surface area contributed by atoms with Gasteiger partial charge in [0.2, 0.25) is 0 Å². The van der Waals surface area contributed by atoms with Crippen LogP contribution < -0.4 is 18.6 Å². The van der Waals surface area contributed by atoms with Crippen molar-refractivity contribution in [1.29, 1.82) is 0 Å². The second kappa shape index (κ2) is 9.84. The Bertz CT molecular complexity index is 1810. The predicted molar refractivity (Wildman–Crippen MR) is 180 cm³/mol. The highest BCUT2D eigenvalue weighted by Crippen LogP contribution is 2.56. The Morgan fingerprint density at radius 1 is 0.651 bits per heavy atom. The number of hydrogen-bond donors (Lipinski definition) is 0. The van der Waals surface area contributed by atoms with Gasteiger partial charge in [0.1, 0.15) is 24.5 Å². The lowest BCUT2D eigenvalue weighted by molar-refractivity contribution is -0.187. The average Bonchev–Trinajstić information content (AvgIpc) is 3.00. The highest BCUT2D eigenvalue weighted by molar-refractivity contribution is 5.76. The lowest BCUT2D eigenvalue weighted by Gasteiger charge is -2.62. The van der Waals surface area contributed by atoms with Gasteiger partial charge in [0.05, 0.1) is 25.3 Å². The van der Waals surface area contributed by atoms with Gasteiger partial charge < -0.3 is 4.74 Å². The fourth-order valence-electron chi connectivity index (χ4n) is 8.32. The van der Waals surface area contributed by atoms with Crippen molar-refractivity contribution < 1.29 is 4.74 Å². The fraction of sp³-hybridized carbons (Fsp3) is 0.231. The standard InChI is InChI=1S/C39H41N3O/c1-28-24-33-27-42(6,37-29(2)16-15-17-30(37)3)39(43-38(33)35(25-28)31-18-9-7-10-19-31)40(4)36-23-14-13-20-32(36)26-41(39,5)34-21-11-8-12-22-34/h7-25H,26-27H2,1-6H3/q+2. The molecule has 5 aromatic rings. The molecule has 4 nitrogen and oxygen atoms in total. The van der Waals surface area contributed by atoms with Crippen molar-refractivity contribution in [2.45, 2.75) is 39.8 Å². The predicted octanol–water partition coefficient (Wildman–Crippen LogP) is 8.71. The van der Waals surface area contributed by atoms with E-state index in [9.17, 15) is 0 Å². The van der Waals surface area contributed by atoms with Gasteiger partial charge >= 0.3 is 5.97 Å². The molecule has 0 radical (unpaired) electrons. The van der Waals surface area contributed by atoms with E-state index in [-0.39, 0.29) is 0 Å². The minimum Gasteiger partial charge on any atom is -0.374 e. The van der Waals surface area contributed by atoms with Crippen LogP contribution in [0.25, 0.3) is 11.1 Å². The third-order valence-electron chi connectivity index (χ3n) is 9.94. The molecule has 7 rings (SSSR count). The van der Waals surface area contributed by atoms with Crippen molar-refractivity contribution in [1.82, 2.24) is 8.97 Å². The number of nitrogens with zero attached hydrogens (tertiary/aromatic N) is 3. The molecular formula is C39H41N3O+2. The highest BCUT2D eigenvalue weighted by Gasteiger charge is 2.74. The van der Waals surface area contributed by atoms with E-state index in [2.05, 4.69) is 162 Å². The summed E-state index contributed by atoms with van der Waals surface area (Å²) in [6.07, 6.45) is 0. The summed E-state index contributed by atoms with van der Waals surface area (Å²) in [7, 11) is 7.00. The van der Waals surface area contributed by atoms with E-state index in [1.807, 2.05) is 0 Å². The molecule has 0 N–H and O–H groups in total. The van der Waals surface area contributed by atoms with Crippen molar-refractivity contribution in [2.75, 3.05) is 26.0 Å². The Balaban J connectivity index is 1.63. The maximum absolute atomic E-state index is 7.89. The van der Waals surface area contributed by atoms with Gasteiger partial charge in [-0.1, -0.05) is 84.9 Å². The van der Waals surface area contributed by atoms with Crippen LogP contribution in [0.5, 0.6) is 5.75 Å². The number of fused-ring (bicyclic) bond motifs is 2. The Hall–Kier alpha value is -4.38. The maximum atomic E-state index is 7.89. The summed E-state index contributed by atoms with van der Waals surface area (Å²) in [5, 5.41) is 0. The Morgan fingerprint density at radius 3 is 1.95 bits per heavy atom. The molecule has 0 amide bonds. The van der Waals surface area contributed by atoms with E-state index in [1.165, 1.54) is 50.4 Å². The molecule has 5 aromatic carbocycles. The van der Waals surface area contributed by atoms with Gasteiger partial charge in [-0.05, 0) is 62.2 Å². The van der Waals surface area contributed by atoms with Crippen LogP contribution in [0.3, 0.4) is 0 Å². The van der Waals surface area contributed by atoms with Gasteiger partial charge in [-0.15, -0.1) is 0 Å². The number of rotatable bonds is 3. The molecule has 2 aliphatic rings. The first-order chi connectivity index (χ1) is 20.7. The van der Waals surface area contributed by atoms with E-state index < -0.39 is 5.97 Å². The van der Waals surface area contributed by atoms with Gasteiger partial charge in [-0.2, -0.15) is 8.97 Å². The minimum absolute atomic E-state index is 0.549. The number of anilines is 1. The Morgan fingerprint density at radius 2 is 1.26 bits per heavy atom. The van der Waals surface area contributed by atoms with Gasteiger partial charge in [0.25, 0.3) is 0 Å². The molecule has 0 fully saturated rings. The van der Waals surface area contributed by atoms with Crippen LogP contribution >= 0.6 is 0 Å². The zero-order valence-corrected chi connectivity index (χ0v) is 26.1. The van der Waals surface area contributed by atoms with E-state index in [0.717, 1.165) is 24.4 Å². The Labute approximate surface area is 256 Å². The second-order valence-electron chi connectivity index (χ2n) is 12.8. The topological polar surface area (TPSA) is 12.5 Å². The summed E-state index contributed by atoms with van der Waals surface area (Å²) in [4.78, 5) is 2.45. The lowest BCUT2D eigenvalue weighted by Crippen LogP contribution is -2.89. The number of aryl methyl sites for hydroxylation is 3. The van der Waals surface area contributed by atoms with Gasteiger partial charge in [-0.25, -0.2) is 4.90 Å². The molecule has 0 bridgehead atoms. The minimum atomic E-state index is -0.877. The zero-order valence-electron chi connectivity index (χ0n) is 26.1. The first-order valence-corrected chi connectivity index (χ1v) is 15.2. The molecule has 0 saturated heterocycles. The van der Waals surface area contributed by atoms with Crippen LogP contribution in [0.1, 0.15) is 27.8 Å². The molecule has 0 aromatic heterocycles. The van der Waals surface area contributed by atoms with Crippen molar-refractivity contribution in [2.24, 2.45) is 0 Å². The van der Waals surface area contributed by atoms with Crippen molar-refractivity contribution in [3.8, 4) is 16.9 Å². The van der Waals surface area contributed by atoms with E-state index in [1.54, 1.807) is 0 Å². The van der Waals surface area contributed by atoms with Crippen LogP contribution in [-0.4, -0.2) is 27.1 Å². The van der Waals surface area contributed by atoms with Crippen LogP contribution in [0, 0.1) is 20.8 Å². The largest absolute Gasteiger partial charge is 0.488 e. The monoisotopic (exact) mass is 567 g/mol. The number of quaternary nitrogens is 2. The first-order valence-electron chi connectivity index (χ1n) is 15.2. The van der Waals surface area contributed by atoms with E-state index >= 15 is 0 Å². The third kappa shape index (κ3) is 3.83. The molecule has 4 heteroatoms. The molecule has 2 heterocycles. The molecule has 1 spiro atoms. The van der Waals surface area contributed by atoms with Crippen molar-refractivity contribution >= 4 is 17.1 Å². The molecule has 3 atom stereocenters. The third-order valence-corrected chi connectivity index (χ3v) is 9.94. The van der Waals surface area contributed by atoms with Gasteiger partial charge in [0, 0.05) is 29.3 Å². The number of benzene rings is 5. The van der Waals surface area contributed by atoms with Gasteiger partial charge in [-0.3, -0.25) is 0 Å². The van der Waals surface area contributed by atoms with Crippen molar-refractivity contribution in [3.05, 3.63) is 143 Å². The van der Waals surface area contributed by atoms with Crippen LogP contribution in [-0.2, 0) is 13.1 Å². The normalized spacial score (nSPS) is 24.3. The SMILES string of the molecule is Cc1cc2c(c(-c3ccccc3)c1)OC1(N(C)c3ccccc3C[N+]1(C)c1ccccc1)[N+](C)(c1c(C)cccc1C)C2. The number of hydrogen-bond acceptors (Lipinski definition) is 2. The number of ether oxygens (including phenoxy) is 1.